The minimum Gasteiger partial charge on any atom is -0.489 e. The van der Waals surface area contributed by atoms with Crippen LogP contribution in [0.25, 0.3) is 10.9 Å². The Morgan fingerprint density at radius 3 is 2.73 bits per heavy atom. The Labute approximate surface area is 190 Å². The molecule has 1 aliphatic carbocycles. The number of hydrogen-bond donors (Lipinski definition) is 3. The van der Waals surface area contributed by atoms with E-state index in [-0.39, 0.29) is 5.91 Å². The largest absolute Gasteiger partial charge is 0.489 e. The van der Waals surface area contributed by atoms with Gasteiger partial charge in [-0.1, -0.05) is 18.2 Å². The summed E-state index contributed by atoms with van der Waals surface area (Å²) in [6, 6.07) is 16.5. The van der Waals surface area contributed by atoms with Crippen molar-refractivity contribution in [3.8, 4) is 5.75 Å². The van der Waals surface area contributed by atoms with Crippen LogP contribution in [-0.2, 0) is 16.2 Å². The van der Waals surface area contributed by atoms with E-state index in [1.807, 2.05) is 37.3 Å². The van der Waals surface area contributed by atoms with E-state index in [9.17, 15) is 14.4 Å². The first-order chi connectivity index (χ1) is 15.9. The summed E-state index contributed by atoms with van der Waals surface area (Å²) in [6.07, 6.45) is 1.69. The number of aromatic nitrogens is 1. The first-order valence-corrected chi connectivity index (χ1v) is 11.0. The van der Waals surface area contributed by atoms with Gasteiger partial charge in [0.15, 0.2) is 0 Å². The molecule has 33 heavy (non-hydrogen) atoms. The minimum absolute atomic E-state index is 0.280. The third-order valence-corrected chi connectivity index (χ3v) is 6.39. The Bertz CT molecular complexity index is 1260. The number of pyridine rings is 1. The van der Waals surface area contributed by atoms with Crippen molar-refractivity contribution in [3.63, 3.8) is 0 Å². The molecule has 2 aromatic carbocycles. The zero-order valence-corrected chi connectivity index (χ0v) is 18.2. The molecule has 1 saturated heterocycles. The molecule has 2 fully saturated rings. The van der Waals surface area contributed by atoms with Crippen molar-refractivity contribution in [2.75, 3.05) is 5.32 Å². The molecule has 2 heterocycles. The van der Waals surface area contributed by atoms with Gasteiger partial charge in [0.05, 0.1) is 11.4 Å². The molecule has 1 aromatic heterocycles. The predicted octanol–water partition coefficient (Wildman–Crippen LogP) is 3.44. The van der Waals surface area contributed by atoms with Crippen LogP contribution in [-0.4, -0.2) is 28.4 Å². The van der Waals surface area contributed by atoms with Gasteiger partial charge in [-0.15, -0.1) is 0 Å². The average molecular weight is 444 g/mol. The number of anilines is 1. The van der Waals surface area contributed by atoms with E-state index < -0.39 is 23.4 Å². The highest BCUT2D eigenvalue weighted by Gasteiger charge is 2.57. The number of para-hydroxylation sites is 1. The number of hydrogen-bond acceptors (Lipinski definition) is 5. The molecule has 8 heteroatoms. The Kier molecular flexibility index (Phi) is 5.20. The fourth-order valence-corrected chi connectivity index (χ4v) is 4.83. The van der Waals surface area contributed by atoms with Gasteiger partial charge in [0.25, 0.3) is 5.91 Å². The normalized spacial score (nSPS) is 21.8. The van der Waals surface area contributed by atoms with Gasteiger partial charge < -0.3 is 15.4 Å². The highest BCUT2D eigenvalue weighted by atomic mass is 16.5. The van der Waals surface area contributed by atoms with E-state index in [0.717, 1.165) is 22.2 Å². The van der Waals surface area contributed by atoms with Crippen LogP contribution < -0.4 is 20.7 Å². The molecule has 168 valence electrons. The third kappa shape index (κ3) is 3.88. The third-order valence-electron chi connectivity index (χ3n) is 6.39. The molecule has 4 amide bonds. The number of urea groups is 1. The molecule has 3 aromatic rings. The van der Waals surface area contributed by atoms with Crippen LogP contribution >= 0.6 is 0 Å². The number of aryl methyl sites for hydroxylation is 1. The van der Waals surface area contributed by atoms with Gasteiger partial charge in [-0.3, -0.25) is 19.9 Å². The van der Waals surface area contributed by atoms with E-state index >= 15 is 0 Å². The van der Waals surface area contributed by atoms with Gasteiger partial charge in [-0.25, -0.2) is 4.79 Å². The maximum absolute atomic E-state index is 12.9. The van der Waals surface area contributed by atoms with Crippen LogP contribution in [0, 0.1) is 12.8 Å². The first-order valence-electron chi connectivity index (χ1n) is 11.0. The van der Waals surface area contributed by atoms with Crippen LogP contribution in [0.3, 0.4) is 0 Å². The lowest BCUT2D eigenvalue weighted by molar-refractivity contribution is -0.131. The SMILES string of the molecule is Cc1cc(COc2ccc(NC(=O)[C@@H]3CCC[C@@]34NC(=O)NC4=O)cc2)c2ccccc2n1. The first kappa shape index (κ1) is 20.9. The number of fused-ring (bicyclic) bond motifs is 1. The topological polar surface area (TPSA) is 109 Å². The number of carbonyl (C=O) groups excluding carboxylic acids is 3. The Morgan fingerprint density at radius 2 is 1.97 bits per heavy atom. The van der Waals surface area contributed by atoms with Gasteiger partial charge in [-0.2, -0.15) is 0 Å². The second-order valence-corrected chi connectivity index (χ2v) is 8.57. The van der Waals surface area contributed by atoms with Crippen molar-refractivity contribution in [1.29, 1.82) is 0 Å². The predicted molar refractivity (Wildman–Crippen MR) is 123 cm³/mol. The van der Waals surface area contributed by atoms with Gasteiger partial charge in [0.2, 0.25) is 5.91 Å². The van der Waals surface area contributed by atoms with E-state index in [4.69, 9.17) is 4.74 Å². The monoisotopic (exact) mass is 444 g/mol. The highest BCUT2D eigenvalue weighted by Crippen LogP contribution is 2.38. The van der Waals surface area contributed by atoms with Crippen LogP contribution in [0.2, 0.25) is 0 Å². The maximum Gasteiger partial charge on any atom is 0.322 e. The standard InChI is InChI=1S/C25H24N4O4/c1-15-13-16(19-5-2-3-7-21(19)26-15)14-33-18-10-8-17(9-11-18)27-22(30)20-6-4-12-25(20)23(31)28-24(32)29-25/h2-3,5,7-11,13,20H,4,6,12,14H2,1H3,(H,27,30)(H2,28,29,31,32)/t20-,25+/m0/s1. The second-order valence-electron chi connectivity index (χ2n) is 8.57. The molecule has 1 saturated carbocycles. The van der Waals surface area contributed by atoms with Gasteiger partial charge in [-0.05, 0) is 62.6 Å². The van der Waals surface area contributed by atoms with E-state index in [2.05, 4.69) is 20.9 Å². The molecule has 8 nitrogen and oxygen atoms in total. The molecule has 1 aliphatic heterocycles. The number of benzene rings is 2. The van der Waals surface area contributed by atoms with Crippen molar-refractivity contribution < 1.29 is 19.1 Å². The highest BCUT2D eigenvalue weighted by molar-refractivity contribution is 6.11. The van der Waals surface area contributed by atoms with Crippen LogP contribution in [0.5, 0.6) is 5.75 Å². The van der Waals surface area contributed by atoms with Crippen molar-refractivity contribution in [3.05, 3.63) is 65.9 Å². The molecule has 2 aliphatic rings. The number of amides is 4. The molecule has 3 N–H and O–H groups in total. The van der Waals surface area contributed by atoms with Gasteiger partial charge in [0.1, 0.15) is 17.9 Å². The Balaban J connectivity index is 1.25. The summed E-state index contributed by atoms with van der Waals surface area (Å²) in [7, 11) is 0. The summed E-state index contributed by atoms with van der Waals surface area (Å²) >= 11 is 0. The van der Waals surface area contributed by atoms with Crippen LogP contribution in [0.4, 0.5) is 10.5 Å². The van der Waals surface area contributed by atoms with Crippen molar-refractivity contribution >= 4 is 34.4 Å². The molecule has 1 spiro atoms. The summed E-state index contributed by atoms with van der Waals surface area (Å²) in [5, 5.41) is 8.85. The smallest absolute Gasteiger partial charge is 0.322 e. The van der Waals surface area contributed by atoms with Crippen molar-refractivity contribution in [2.24, 2.45) is 5.92 Å². The van der Waals surface area contributed by atoms with Crippen molar-refractivity contribution in [1.82, 2.24) is 15.6 Å². The molecular formula is C25H24N4O4. The Morgan fingerprint density at radius 1 is 1.18 bits per heavy atom. The molecule has 0 radical (unpaired) electrons. The summed E-state index contributed by atoms with van der Waals surface area (Å²) in [4.78, 5) is 41.4. The molecular weight excluding hydrogens is 420 g/mol. The number of rotatable bonds is 5. The fourth-order valence-electron chi connectivity index (χ4n) is 4.83. The molecule has 0 unspecified atom stereocenters. The molecule has 2 atom stereocenters. The summed E-state index contributed by atoms with van der Waals surface area (Å²) in [5.74, 6) is -0.639. The Hall–Kier alpha value is -3.94. The summed E-state index contributed by atoms with van der Waals surface area (Å²) in [5.41, 5.74) is 2.38. The zero-order valence-electron chi connectivity index (χ0n) is 18.2. The quantitative estimate of drug-likeness (QED) is 0.523. The summed E-state index contributed by atoms with van der Waals surface area (Å²) < 4.78 is 5.98. The summed E-state index contributed by atoms with van der Waals surface area (Å²) in [6.45, 7) is 2.36. The van der Waals surface area contributed by atoms with Gasteiger partial charge >= 0.3 is 6.03 Å². The number of nitrogens with one attached hydrogen (secondary N) is 3. The number of ether oxygens (including phenoxy) is 1. The molecule has 0 bridgehead atoms. The number of carbonyl (C=O) groups is 3. The maximum atomic E-state index is 12.9. The molecule has 5 rings (SSSR count). The lowest BCUT2D eigenvalue weighted by atomic mass is 9.86. The fraction of sp³-hybridized carbons (Fsp3) is 0.280. The van der Waals surface area contributed by atoms with E-state index in [1.54, 1.807) is 24.3 Å². The van der Waals surface area contributed by atoms with Crippen molar-refractivity contribution in [2.45, 2.75) is 38.3 Å². The number of imide groups is 1. The average Bonchev–Trinajstić information content (AvgIpc) is 3.35. The lowest BCUT2D eigenvalue weighted by Crippen LogP contribution is -2.53. The van der Waals surface area contributed by atoms with Crippen LogP contribution in [0.15, 0.2) is 54.6 Å². The lowest BCUT2D eigenvalue weighted by Gasteiger charge is -2.27. The minimum atomic E-state index is -1.14. The van der Waals surface area contributed by atoms with Gasteiger partial charge in [0, 0.05) is 22.3 Å². The number of nitrogens with zero attached hydrogens (tertiary/aromatic N) is 1. The zero-order chi connectivity index (χ0) is 23.0. The van der Waals surface area contributed by atoms with Crippen LogP contribution in [0.1, 0.15) is 30.5 Å². The van der Waals surface area contributed by atoms with E-state index in [1.165, 1.54) is 0 Å². The second kappa shape index (κ2) is 8.20. The van der Waals surface area contributed by atoms with E-state index in [0.29, 0.717) is 37.3 Å².